The highest BCUT2D eigenvalue weighted by Gasteiger charge is 2.29. The third-order valence-corrected chi connectivity index (χ3v) is 4.69. The zero-order valence-corrected chi connectivity index (χ0v) is 13.0. The summed E-state index contributed by atoms with van der Waals surface area (Å²) in [7, 11) is 2.12. The van der Waals surface area contributed by atoms with Crippen molar-refractivity contribution in [3.05, 3.63) is 29.8 Å². The van der Waals surface area contributed by atoms with Crippen LogP contribution in [0.4, 0.5) is 5.69 Å². The first-order chi connectivity index (χ1) is 9.37. The average Bonchev–Trinajstić information content (AvgIpc) is 2.38. The summed E-state index contributed by atoms with van der Waals surface area (Å²) >= 11 is 0. The molecule has 1 fully saturated rings. The molecule has 0 bridgehead atoms. The Morgan fingerprint density at radius 3 is 2.60 bits per heavy atom. The Hall–Kier alpha value is -1.06. The molecule has 1 aliphatic rings. The molecule has 1 unspecified atom stereocenters. The molecule has 0 heterocycles. The van der Waals surface area contributed by atoms with Crippen LogP contribution in [0.15, 0.2) is 24.3 Å². The molecule has 2 rings (SSSR count). The fraction of sp³-hybridized carbons (Fsp3) is 0.647. The fourth-order valence-corrected chi connectivity index (χ4v) is 3.12. The van der Waals surface area contributed by atoms with E-state index in [4.69, 9.17) is 5.73 Å². The number of rotatable bonds is 4. The van der Waals surface area contributed by atoms with Crippen molar-refractivity contribution < 1.29 is 5.11 Å². The first-order valence-electron chi connectivity index (χ1n) is 7.61. The first kappa shape index (κ1) is 15.3. The standard InChI is InChI=1S/C17H28N2O/c1-17(2)9-7-15(8-10-17)19(3)12-16(20)13-5-4-6-14(18)11-13/h4-6,11,15-16,20H,7-10,12,18H2,1-3H3. The summed E-state index contributed by atoms with van der Waals surface area (Å²) < 4.78 is 0. The molecule has 0 saturated heterocycles. The van der Waals surface area contributed by atoms with E-state index in [1.54, 1.807) is 0 Å². The lowest BCUT2D eigenvalue weighted by molar-refractivity contribution is 0.0723. The zero-order valence-electron chi connectivity index (χ0n) is 13.0. The number of aliphatic hydroxyl groups is 1. The molecule has 1 aromatic rings. The van der Waals surface area contributed by atoms with Crippen LogP contribution in [-0.2, 0) is 0 Å². The van der Waals surface area contributed by atoms with Gasteiger partial charge < -0.3 is 15.7 Å². The maximum absolute atomic E-state index is 10.4. The van der Waals surface area contributed by atoms with Gasteiger partial charge in [0.05, 0.1) is 6.10 Å². The van der Waals surface area contributed by atoms with Gasteiger partial charge in [0.1, 0.15) is 0 Å². The highest BCUT2D eigenvalue weighted by molar-refractivity contribution is 5.41. The molecule has 0 amide bonds. The van der Waals surface area contributed by atoms with Crippen molar-refractivity contribution in [3.8, 4) is 0 Å². The smallest absolute Gasteiger partial charge is 0.0917 e. The van der Waals surface area contributed by atoms with E-state index < -0.39 is 6.10 Å². The number of hydrogen-bond donors (Lipinski definition) is 2. The van der Waals surface area contributed by atoms with E-state index in [0.717, 1.165) is 5.56 Å². The lowest BCUT2D eigenvalue weighted by Crippen LogP contribution is -2.39. The lowest BCUT2D eigenvalue weighted by Gasteiger charge is -2.39. The van der Waals surface area contributed by atoms with Gasteiger partial charge in [0.2, 0.25) is 0 Å². The SMILES string of the molecule is CN(CC(O)c1cccc(N)c1)C1CCC(C)(C)CC1. The van der Waals surface area contributed by atoms with E-state index in [1.165, 1.54) is 25.7 Å². The van der Waals surface area contributed by atoms with Crippen molar-refractivity contribution >= 4 is 5.69 Å². The number of aliphatic hydroxyl groups excluding tert-OH is 1. The van der Waals surface area contributed by atoms with Gasteiger partial charge in [-0.15, -0.1) is 0 Å². The summed E-state index contributed by atoms with van der Waals surface area (Å²) in [5.41, 5.74) is 7.89. The van der Waals surface area contributed by atoms with E-state index in [1.807, 2.05) is 24.3 Å². The van der Waals surface area contributed by atoms with Crippen LogP contribution >= 0.6 is 0 Å². The molecule has 3 nitrogen and oxygen atoms in total. The zero-order chi connectivity index (χ0) is 14.8. The molecule has 1 saturated carbocycles. The van der Waals surface area contributed by atoms with Crippen molar-refractivity contribution in [1.29, 1.82) is 0 Å². The average molecular weight is 276 g/mol. The fourth-order valence-electron chi connectivity index (χ4n) is 3.12. The summed E-state index contributed by atoms with van der Waals surface area (Å²) in [6, 6.07) is 8.15. The molecule has 1 aromatic carbocycles. The second-order valence-corrected chi connectivity index (χ2v) is 7.02. The third kappa shape index (κ3) is 3.97. The first-order valence-corrected chi connectivity index (χ1v) is 7.61. The van der Waals surface area contributed by atoms with Gasteiger partial charge in [-0.05, 0) is 55.8 Å². The van der Waals surface area contributed by atoms with Crippen LogP contribution in [0.25, 0.3) is 0 Å². The van der Waals surface area contributed by atoms with E-state index in [9.17, 15) is 5.11 Å². The number of nitrogens with zero attached hydrogens (tertiary/aromatic N) is 1. The minimum absolute atomic E-state index is 0.460. The molecule has 1 atom stereocenters. The molecule has 0 spiro atoms. The minimum Gasteiger partial charge on any atom is -0.399 e. The van der Waals surface area contributed by atoms with Gasteiger partial charge in [0, 0.05) is 18.3 Å². The highest BCUT2D eigenvalue weighted by Crippen LogP contribution is 2.36. The number of nitrogens with two attached hydrogens (primary N) is 1. The maximum Gasteiger partial charge on any atom is 0.0917 e. The van der Waals surface area contributed by atoms with E-state index in [-0.39, 0.29) is 0 Å². The molecular formula is C17H28N2O. The lowest BCUT2D eigenvalue weighted by atomic mass is 9.75. The van der Waals surface area contributed by atoms with E-state index >= 15 is 0 Å². The Labute approximate surface area is 122 Å². The number of benzene rings is 1. The number of anilines is 1. The van der Waals surface area contributed by atoms with Gasteiger partial charge in [-0.2, -0.15) is 0 Å². The topological polar surface area (TPSA) is 49.5 Å². The van der Waals surface area contributed by atoms with Gasteiger partial charge in [0.25, 0.3) is 0 Å². The molecule has 112 valence electrons. The Bertz CT molecular complexity index is 434. The monoisotopic (exact) mass is 276 g/mol. The second kappa shape index (κ2) is 6.15. The van der Waals surface area contributed by atoms with Crippen LogP contribution in [0.1, 0.15) is 51.2 Å². The minimum atomic E-state index is -0.460. The van der Waals surface area contributed by atoms with Gasteiger partial charge in [-0.3, -0.25) is 0 Å². The van der Waals surface area contributed by atoms with Gasteiger partial charge in [-0.25, -0.2) is 0 Å². The largest absolute Gasteiger partial charge is 0.399 e. The predicted molar refractivity (Wildman–Crippen MR) is 84.5 cm³/mol. The molecule has 20 heavy (non-hydrogen) atoms. The number of nitrogen functional groups attached to an aromatic ring is 1. The molecule has 0 radical (unpaired) electrons. The predicted octanol–water partition coefficient (Wildman–Crippen LogP) is 3.20. The van der Waals surface area contributed by atoms with Gasteiger partial charge in [0.15, 0.2) is 0 Å². The van der Waals surface area contributed by atoms with Crippen molar-refractivity contribution in [2.24, 2.45) is 5.41 Å². The molecular weight excluding hydrogens is 248 g/mol. The third-order valence-electron chi connectivity index (χ3n) is 4.69. The van der Waals surface area contributed by atoms with Crippen LogP contribution in [0.5, 0.6) is 0 Å². The van der Waals surface area contributed by atoms with Crippen LogP contribution < -0.4 is 5.73 Å². The van der Waals surface area contributed by atoms with Crippen molar-refractivity contribution in [1.82, 2.24) is 4.90 Å². The van der Waals surface area contributed by atoms with Gasteiger partial charge >= 0.3 is 0 Å². The van der Waals surface area contributed by atoms with Crippen molar-refractivity contribution in [2.45, 2.75) is 51.7 Å². The second-order valence-electron chi connectivity index (χ2n) is 7.02. The summed E-state index contributed by atoms with van der Waals surface area (Å²) in [6.45, 7) is 5.38. The summed E-state index contributed by atoms with van der Waals surface area (Å²) in [5.74, 6) is 0. The summed E-state index contributed by atoms with van der Waals surface area (Å²) in [6.07, 6.45) is 4.55. The summed E-state index contributed by atoms with van der Waals surface area (Å²) in [5, 5.41) is 10.4. The van der Waals surface area contributed by atoms with Crippen LogP contribution in [0.3, 0.4) is 0 Å². The van der Waals surface area contributed by atoms with E-state index in [2.05, 4.69) is 25.8 Å². The molecule has 3 heteroatoms. The van der Waals surface area contributed by atoms with Crippen LogP contribution in [0.2, 0.25) is 0 Å². The van der Waals surface area contributed by atoms with Crippen molar-refractivity contribution in [3.63, 3.8) is 0 Å². The van der Waals surface area contributed by atoms with E-state index in [0.29, 0.717) is 23.7 Å². The highest BCUT2D eigenvalue weighted by atomic mass is 16.3. The molecule has 0 aromatic heterocycles. The van der Waals surface area contributed by atoms with Crippen LogP contribution in [-0.4, -0.2) is 29.6 Å². The Morgan fingerprint density at radius 1 is 1.35 bits per heavy atom. The molecule has 1 aliphatic carbocycles. The maximum atomic E-state index is 10.4. The molecule has 3 N–H and O–H groups in total. The Balaban J connectivity index is 1.90. The Morgan fingerprint density at radius 2 is 2.00 bits per heavy atom. The number of hydrogen-bond acceptors (Lipinski definition) is 3. The van der Waals surface area contributed by atoms with Crippen molar-refractivity contribution in [2.75, 3.05) is 19.3 Å². The summed E-state index contributed by atoms with van der Waals surface area (Å²) in [4.78, 5) is 2.31. The quantitative estimate of drug-likeness (QED) is 0.830. The van der Waals surface area contributed by atoms with Crippen LogP contribution in [0, 0.1) is 5.41 Å². The number of likely N-dealkylation sites (N-methyl/N-ethyl adjacent to an activating group) is 1. The normalized spacial score (nSPS) is 21.1. The van der Waals surface area contributed by atoms with Gasteiger partial charge in [-0.1, -0.05) is 26.0 Å². The molecule has 0 aliphatic heterocycles. The Kier molecular flexibility index (Phi) is 4.71.